The number of nitrogens with one attached hydrogen (secondary N) is 2. The van der Waals surface area contributed by atoms with Gasteiger partial charge in [0.05, 0.1) is 12.6 Å². The van der Waals surface area contributed by atoms with Crippen LogP contribution in [-0.2, 0) is 4.79 Å². The Labute approximate surface area is 94.4 Å². The van der Waals surface area contributed by atoms with E-state index in [9.17, 15) is 13.6 Å². The summed E-state index contributed by atoms with van der Waals surface area (Å²) in [5.74, 6) is -3.08. The number of rotatable bonds is 5. The normalized spacial score (nSPS) is 23.7. The molecular formula is C10H19F2N3O. The number of carbonyl (C=O) groups excluding carboxylic acids is 1. The molecule has 1 amide bonds. The number of halogens is 2. The summed E-state index contributed by atoms with van der Waals surface area (Å²) in [6.45, 7) is 3.73. The summed E-state index contributed by atoms with van der Waals surface area (Å²) in [7, 11) is 1.94. The Bertz CT molecular complexity index is 248. The molecule has 0 aromatic carbocycles. The monoisotopic (exact) mass is 235 g/mol. The fourth-order valence-corrected chi connectivity index (χ4v) is 1.55. The van der Waals surface area contributed by atoms with Crippen molar-refractivity contribution in [1.82, 2.24) is 15.5 Å². The van der Waals surface area contributed by atoms with Gasteiger partial charge in [0, 0.05) is 19.5 Å². The van der Waals surface area contributed by atoms with E-state index < -0.39 is 24.9 Å². The fraction of sp³-hybridized carbons (Fsp3) is 0.900. The van der Waals surface area contributed by atoms with Crippen LogP contribution in [0.2, 0.25) is 0 Å². The van der Waals surface area contributed by atoms with Gasteiger partial charge in [-0.25, -0.2) is 8.78 Å². The van der Waals surface area contributed by atoms with E-state index in [1.54, 1.807) is 0 Å². The van der Waals surface area contributed by atoms with Crippen molar-refractivity contribution < 1.29 is 13.6 Å². The summed E-state index contributed by atoms with van der Waals surface area (Å²) in [5.41, 5.74) is 0. The molecule has 1 unspecified atom stereocenters. The quantitative estimate of drug-likeness (QED) is 0.708. The number of carbonyl (C=O) groups is 1. The summed E-state index contributed by atoms with van der Waals surface area (Å²) in [5, 5.41) is 5.17. The average Bonchev–Trinajstić information content (AvgIpc) is 2.58. The van der Waals surface area contributed by atoms with Crippen molar-refractivity contribution in [2.24, 2.45) is 0 Å². The van der Waals surface area contributed by atoms with Crippen molar-refractivity contribution in [3.05, 3.63) is 0 Å². The maximum absolute atomic E-state index is 12.8. The third-order valence-electron chi connectivity index (χ3n) is 2.76. The molecule has 6 heteroatoms. The molecule has 1 heterocycles. The smallest absolute Gasteiger partial charge is 0.262 e. The molecule has 0 saturated carbocycles. The molecule has 0 radical (unpaired) electrons. The Hall–Kier alpha value is -0.750. The second kappa shape index (κ2) is 5.54. The van der Waals surface area contributed by atoms with E-state index in [4.69, 9.17) is 0 Å². The topological polar surface area (TPSA) is 44.4 Å². The molecule has 16 heavy (non-hydrogen) atoms. The van der Waals surface area contributed by atoms with Gasteiger partial charge in [0.15, 0.2) is 0 Å². The standard InChI is InChI=1S/C10H19F2N3O/c1-3-15(2)5-4-13-9(16)8-6-10(11,12)7-14-8/h8,14H,3-7H2,1-2H3,(H,13,16). The highest BCUT2D eigenvalue weighted by molar-refractivity contribution is 5.82. The lowest BCUT2D eigenvalue weighted by Gasteiger charge is -2.15. The van der Waals surface area contributed by atoms with E-state index in [0.29, 0.717) is 6.54 Å². The van der Waals surface area contributed by atoms with Crippen LogP contribution in [0.5, 0.6) is 0 Å². The third-order valence-corrected chi connectivity index (χ3v) is 2.76. The van der Waals surface area contributed by atoms with Gasteiger partial charge in [-0.2, -0.15) is 0 Å². The highest BCUT2D eigenvalue weighted by Gasteiger charge is 2.42. The average molecular weight is 235 g/mol. The lowest BCUT2D eigenvalue weighted by atomic mass is 10.2. The van der Waals surface area contributed by atoms with E-state index in [2.05, 4.69) is 10.6 Å². The second-order valence-corrected chi connectivity index (χ2v) is 4.18. The van der Waals surface area contributed by atoms with Gasteiger partial charge in [0.25, 0.3) is 5.92 Å². The number of hydrogen-bond donors (Lipinski definition) is 2. The Morgan fingerprint density at radius 3 is 2.81 bits per heavy atom. The van der Waals surface area contributed by atoms with Crippen molar-refractivity contribution in [2.45, 2.75) is 25.3 Å². The molecule has 1 aliphatic rings. The maximum Gasteiger partial charge on any atom is 0.262 e. The second-order valence-electron chi connectivity index (χ2n) is 4.18. The van der Waals surface area contributed by atoms with Gasteiger partial charge in [-0.05, 0) is 13.6 Å². The molecule has 0 aliphatic carbocycles. The van der Waals surface area contributed by atoms with Gasteiger partial charge in [0.2, 0.25) is 5.91 Å². The molecule has 94 valence electrons. The van der Waals surface area contributed by atoms with Crippen LogP contribution in [0.3, 0.4) is 0 Å². The van der Waals surface area contributed by atoms with Gasteiger partial charge >= 0.3 is 0 Å². The first kappa shape index (κ1) is 13.3. The highest BCUT2D eigenvalue weighted by atomic mass is 19.3. The SMILES string of the molecule is CCN(C)CCNC(=O)C1CC(F)(F)CN1. The molecule has 1 rings (SSSR count). The van der Waals surface area contributed by atoms with Gasteiger partial charge in [-0.1, -0.05) is 6.92 Å². The van der Waals surface area contributed by atoms with Crippen LogP contribution in [0.1, 0.15) is 13.3 Å². The summed E-state index contributed by atoms with van der Waals surface area (Å²) < 4.78 is 25.6. The van der Waals surface area contributed by atoms with E-state index >= 15 is 0 Å². The summed E-state index contributed by atoms with van der Waals surface area (Å²) in [4.78, 5) is 13.5. The lowest BCUT2D eigenvalue weighted by Crippen LogP contribution is -2.42. The predicted molar refractivity (Wildman–Crippen MR) is 57.5 cm³/mol. The van der Waals surface area contributed by atoms with Crippen LogP contribution in [0, 0.1) is 0 Å². The lowest BCUT2D eigenvalue weighted by molar-refractivity contribution is -0.123. The molecule has 2 N–H and O–H groups in total. The van der Waals surface area contributed by atoms with Crippen LogP contribution < -0.4 is 10.6 Å². The highest BCUT2D eigenvalue weighted by Crippen LogP contribution is 2.24. The van der Waals surface area contributed by atoms with Crippen LogP contribution in [0.15, 0.2) is 0 Å². The number of likely N-dealkylation sites (N-methyl/N-ethyl adjacent to an activating group) is 1. The van der Waals surface area contributed by atoms with Crippen LogP contribution >= 0.6 is 0 Å². The van der Waals surface area contributed by atoms with Gasteiger partial charge < -0.3 is 10.2 Å². The van der Waals surface area contributed by atoms with Gasteiger partial charge in [0.1, 0.15) is 0 Å². The van der Waals surface area contributed by atoms with Crippen molar-refractivity contribution >= 4 is 5.91 Å². The fourth-order valence-electron chi connectivity index (χ4n) is 1.55. The van der Waals surface area contributed by atoms with Crippen molar-refractivity contribution in [3.8, 4) is 0 Å². The Balaban J connectivity index is 2.21. The molecule has 0 bridgehead atoms. The summed E-state index contributed by atoms with van der Waals surface area (Å²) >= 11 is 0. The van der Waals surface area contributed by atoms with E-state index in [1.165, 1.54) is 0 Å². The molecular weight excluding hydrogens is 216 g/mol. The van der Waals surface area contributed by atoms with Crippen molar-refractivity contribution in [3.63, 3.8) is 0 Å². The molecule has 1 aliphatic heterocycles. The predicted octanol–water partition coefficient (Wildman–Crippen LogP) is 0.0515. The minimum absolute atomic E-state index is 0.332. The maximum atomic E-state index is 12.8. The zero-order valence-electron chi connectivity index (χ0n) is 9.72. The zero-order chi connectivity index (χ0) is 12.2. The van der Waals surface area contributed by atoms with Crippen LogP contribution in [0.25, 0.3) is 0 Å². The number of nitrogens with zero attached hydrogens (tertiary/aromatic N) is 1. The van der Waals surface area contributed by atoms with Gasteiger partial charge in [-0.15, -0.1) is 0 Å². The number of amides is 1. The van der Waals surface area contributed by atoms with Crippen LogP contribution in [-0.4, -0.2) is 56.0 Å². The van der Waals surface area contributed by atoms with E-state index in [-0.39, 0.29) is 5.91 Å². The largest absolute Gasteiger partial charge is 0.353 e. The Morgan fingerprint density at radius 1 is 1.62 bits per heavy atom. The molecule has 0 aromatic rings. The number of hydrogen-bond acceptors (Lipinski definition) is 3. The molecule has 1 saturated heterocycles. The molecule has 1 fully saturated rings. The Kier molecular flexibility index (Phi) is 4.61. The molecule has 4 nitrogen and oxygen atoms in total. The Morgan fingerprint density at radius 2 is 2.31 bits per heavy atom. The first-order valence-corrected chi connectivity index (χ1v) is 5.52. The number of alkyl halides is 2. The van der Waals surface area contributed by atoms with E-state index in [0.717, 1.165) is 13.1 Å². The molecule has 0 aromatic heterocycles. The zero-order valence-corrected chi connectivity index (χ0v) is 9.72. The minimum Gasteiger partial charge on any atom is -0.353 e. The minimum atomic E-state index is -2.75. The van der Waals surface area contributed by atoms with Crippen molar-refractivity contribution in [2.75, 3.05) is 33.2 Å². The summed E-state index contributed by atoms with van der Waals surface area (Å²) in [6, 6.07) is -0.748. The van der Waals surface area contributed by atoms with Crippen molar-refractivity contribution in [1.29, 1.82) is 0 Å². The first-order chi connectivity index (χ1) is 7.44. The first-order valence-electron chi connectivity index (χ1n) is 5.52. The van der Waals surface area contributed by atoms with Gasteiger partial charge in [-0.3, -0.25) is 10.1 Å². The molecule has 1 atom stereocenters. The van der Waals surface area contributed by atoms with Crippen LogP contribution in [0.4, 0.5) is 8.78 Å². The van der Waals surface area contributed by atoms with E-state index in [1.807, 2.05) is 18.9 Å². The third kappa shape index (κ3) is 4.02. The molecule has 0 spiro atoms. The summed E-state index contributed by atoms with van der Waals surface area (Å²) in [6.07, 6.45) is -0.400.